The second-order valence-electron chi connectivity index (χ2n) is 7.20. The first kappa shape index (κ1) is 21.0. The standard InChI is InChI=1S/C21H27ClN2O3S/c1-2-28(25,26)24-19-7-3-16(4-8-19)15-23-18-9-13-21(14-10-18)27-20-11-5-17(22)6-12-20/h5-6,9-14,16,19,23-24H,2-4,7-8,15H2,1H3. The number of sulfonamides is 1. The van der Waals surface area contributed by atoms with Crippen LogP contribution in [0.15, 0.2) is 48.5 Å². The molecule has 0 atom stereocenters. The molecule has 0 heterocycles. The normalized spacial score (nSPS) is 19.9. The first-order chi connectivity index (χ1) is 13.4. The highest BCUT2D eigenvalue weighted by Crippen LogP contribution is 2.27. The molecule has 2 N–H and O–H groups in total. The monoisotopic (exact) mass is 422 g/mol. The van der Waals surface area contributed by atoms with Crippen LogP contribution >= 0.6 is 11.6 Å². The van der Waals surface area contributed by atoms with Crippen molar-refractivity contribution in [1.82, 2.24) is 4.72 Å². The minimum atomic E-state index is -3.10. The maximum atomic E-state index is 11.7. The molecule has 0 aliphatic heterocycles. The Labute approximate surface area is 172 Å². The SMILES string of the molecule is CCS(=O)(=O)NC1CCC(CNc2ccc(Oc3ccc(Cl)cc3)cc2)CC1. The first-order valence-corrected chi connectivity index (χ1v) is 11.7. The summed E-state index contributed by atoms with van der Waals surface area (Å²) in [6.07, 6.45) is 3.86. The lowest BCUT2D eigenvalue weighted by Crippen LogP contribution is -2.39. The molecule has 2 aromatic carbocycles. The van der Waals surface area contributed by atoms with E-state index in [0.29, 0.717) is 10.9 Å². The number of halogens is 1. The van der Waals surface area contributed by atoms with Gasteiger partial charge in [-0.2, -0.15) is 0 Å². The van der Waals surface area contributed by atoms with Crippen molar-refractivity contribution in [2.75, 3.05) is 17.6 Å². The van der Waals surface area contributed by atoms with Gasteiger partial charge in [0.15, 0.2) is 0 Å². The van der Waals surface area contributed by atoms with Gasteiger partial charge in [0, 0.05) is 23.3 Å². The molecule has 3 rings (SSSR count). The number of hydrogen-bond donors (Lipinski definition) is 2. The molecule has 0 aromatic heterocycles. The lowest BCUT2D eigenvalue weighted by atomic mass is 9.86. The Morgan fingerprint density at radius 1 is 0.964 bits per heavy atom. The maximum Gasteiger partial charge on any atom is 0.211 e. The molecule has 28 heavy (non-hydrogen) atoms. The van der Waals surface area contributed by atoms with Gasteiger partial charge in [0.2, 0.25) is 10.0 Å². The van der Waals surface area contributed by atoms with Crippen molar-refractivity contribution in [3.05, 3.63) is 53.6 Å². The molecule has 0 bridgehead atoms. The summed E-state index contributed by atoms with van der Waals surface area (Å²) < 4.78 is 32.0. The number of anilines is 1. The lowest BCUT2D eigenvalue weighted by Gasteiger charge is -2.29. The summed E-state index contributed by atoms with van der Waals surface area (Å²) in [5, 5.41) is 4.16. The van der Waals surface area contributed by atoms with Crippen LogP contribution in [0.5, 0.6) is 11.5 Å². The quantitative estimate of drug-likeness (QED) is 0.625. The molecule has 7 heteroatoms. The molecule has 1 aliphatic carbocycles. The predicted molar refractivity (Wildman–Crippen MR) is 115 cm³/mol. The van der Waals surface area contributed by atoms with Crippen LogP contribution in [-0.2, 0) is 10.0 Å². The van der Waals surface area contributed by atoms with E-state index in [9.17, 15) is 8.42 Å². The molecule has 2 aromatic rings. The second kappa shape index (κ2) is 9.63. The van der Waals surface area contributed by atoms with E-state index in [2.05, 4.69) is 10.0 Å². The Bertz CT molecular complexity index is 846. The molecule has 1 saturated carbocycles. The van der Waals surface area contributed by atoms with Crippen molar-refractivity contribution < 1.29 is 13.2 Å². The molecule has 0 radical (unpaired) electrons. The third-order valence-electron chi connectivity index (χ3n) is 5.07. The molecule has 0 unspecified atom stereocenters. The zero-order valence-corrected chi connectivity index (χ0v) is 17.6. The van der Waals surface area contributed by atoms with Gasteiger partial charge in [0.1, 0.15) is 11.5 Å². The van der Waals surface area contributed by atoms with Gasteiger partial charge in [0.05, 0.1) is 5.75 Å². The van der Waals surface area contributed by atoms with Gasteiger partial charge in [0.25, 0.3) is 0 Å². The molecule has 5 nitrogen and oxygen atoms in total. The summed E-state index contributed by atoms with van der Waals surface area (Å²) in [5.41, 5.74) is 1.05. The van der Waals surface area contributed by atoms with Crippen LogP contribution in [0, 0.1) is 5.92 Å². The highest BCUT2D eigenvalue weighted by atomic mass is 35.5. The Balaban J connectivity index is 1.42. The van der Waals surface area contributed by atoms with Crippen LogP contribution in [0.25, 0.3) is 0 Å². The average Bonchev–Trinajstić information content (AvgIpc) is 2.70. The highest BCUT2D eigenvalue weighted by molar-refractivity contribution is 7.89. The van der Waals surface area contributed by atoms with E-state index < -0.39 is 10.0 Å². The van der Waals surface area contributed by atoms with E-state index in [0.717, 1.165) is 49.4 Å². The van der Waals surface area contributed by atoms with Crippen molar-refractivity contribution in [1.29, 1.82) is 0 Å². The highest BCUT2D eigenvalue weighted by Gasteiger charge is 2.23. The molecule has 0 saturated heterocycles. The Kier molecular flexibility index (Phi) is 7.21. The summed E-state index contributed by atoms with van der Waals surface area (Å²) in [7, 11) is -3.10. The predicted octanol–water partition coefficient (Wildman–Crippen LogP) is 5.04. The number of ether oxygens (including phenoxy) is 1. The Morgan fingerprint density at radius 3 is 2.11 bits per heavy atom. The summed E-state index contributed by atoms with van der Waals surface area (Å²) in [5.74, 6) is 2.23. The molecule has 0 spiro atoms. The molecular formula is C21H27ClN2O3S. The topological polar surface area (TPSA) is 67.4 Å². The summed E-state index contributed by atoms with van der Waals surface area (Å²) in [4.78, 5) is 0. The minimum Gasteiger partial charge on any atom is -0.457 e. The Morgan fingerprint density at radius 2 is 1.54 bits per heavy atom. The maximum absolute atomic E-state index is 11.7. The number of benzene rings is 2. The fourth-order valence-corrected chi connectivity index (χ4v) is 4.40. The molecule has 152 valence electrons. The Hall–Kier alpha value is -1.76. The van der Waals surface area contributed by atoms with Crippen LogP contribution in [0.4, 0.5) is 5.69 Å². The van der Waals surface area contributed by atoms with Crippen molar-refractivity contribution >= 4 is 27.3 Å². The largest absolute Gasteiger partial charge is 0.457 e. The van der Waals surface area contributed by atoms with E-state index in [4.69, 9.17) is 16.3 Å². The van der Waals surface area contributed by atoms with Crippen molar-refractivity contribution in [2.24, 2.45) is 5.92 Å². The zero-order chi connectivity index (χ0) is 20.0. The fraction of sp³-hybridized carbons (Fsp3) is 0.429. The number of nitrogens with one attached hydrogen (secondary N) is 2. The van der Waals surface area contributed by atoms with Gasteiger partial charge >= 0.3 is 0 Å². The van der Waals surface area contributed by atoms with Crippen LogP contribution < -0.4 is 14.8 Å². The van der Waals surface area contributed by atoms with Gasteiger partial charge in [-0.05, 0) is 87.1 Å². The van der Waals surface area contributed by atoms with Crippen molar-refractivity contribution in [2.45, 2.75) is 38.6 Å². The van der Waals surface area contributed by atoms with Crippen molar-refractivity contribution in [3.63, 3.8) is 0 Å². The van der Waals surface area contributed by atoms with E-state index in [1.807, 2.05) is 36.4 Å². The van der Waals surface area contributed by atoms with E-state index >= 15 is 0 Å². The van der Waals surface area contributed by atoms with Crippen LogP contribution in [0.2, 0.25) is 5.02 Å². The molecular weight excluding hydrogens is 396 g/mol. The van der Waals surface area contributed by atoms with E-state index in [-0.39, 0.29) is 11.8 Å². The number of rotatable bonds is 8. The van der Waals surface area contributed by atoms with Gasteiger partial charge < -0.3 is 10.1 Å². The third-order valence-corrected chi connectivity index (χ3v) is 6.78. The summed E-state index contributed by atoms with van der Waals surface area (Å²) in [6, 6.07) is 15.3. The smallest absolute Gasteiger partial charge is 0.211 e. The summed E-state index contributed by atoms with van der Waals surface area (Å²) >= 11 is 5.88. The van der Waals surface area contributed by atoms with E-state index in [1.165, 1.54) is 0 Å². The lowest BCUT2D eigenvalue weighted by molar-refractivity contribution is 0.324. The summed E-state index contributed by atoms with van der Waals surface area (Å²) in [6.45, 7) is 2.56. The third kappa shape index (κ3) is 6.40. The molecule has 1 aliphatic rings. The van der Waals surface area contributed by atoms with Gasteiger partial charge in [-0.25, -0.2) is 13.1 Å². The molecule has 0 amide bonds. The molecule has 1 fully saturated rings. The second-order valence-corrected chi connectivity index (χ2v) is 9.68. The zero-order valence-electron chi connectivity index (χ0n) is 16.0. The van der Waals surface area contributed by atoms with Crippen LogP contribution in [-0.4, -0.2) is 26.8 Å². The fourth-order valence-electron chi connectivity index (χ4n) is 3.36. The van der Waals surface area contributed by atoms with Gasteiger partial charge in [-0.15, -0.1) is 0 Å². The van der Waals surface area contributed by atoms with Crippen LogP contribution in [0.1, 0.15) is 32.6 Å². The van der Waals surface area contributed by atoms with Crippen molar-refractivity contribution in [3.8, 4) is 11.5 Å². The number of hydrogen-bond acceptors (Lipinski definition) is 4. The average molecular weight is 423 g/mol. The minimum absolute atomic E-state index is 0.0884. The van der Waals surface area contributed by atoms with Gasteiger partial charge in [-0.3, -0.25) is 0 Å². The first-order valence-electron chi connectivity index (χ1n) is 9.71. The van der Waals surface area contributed by atoms with E-state index in [1.54, 1.807) is 19.1 Å². The van der Waals surface area contributed by atoms with Crippen LogP contribution in [0.3, 0.4) is 0 Å². The van der Waals surface area contributed by atoms with Gasteiger partial charge in [-0.1, -0.05) is 11.6 Å².